The highest BCUT2D eigenvalue weighted by Gasteiger charge is 2.09. The van der Waals surface area contributed by atoms with Gasteiger partial charge in [-0.1, -0.05) is 17.3 Å². The van der Waals surface area contributed by atoms with Gasteiger partial charge in [0.15, 0.2) is 0 Å². The zero-order valence-electron chi connectivity index (χ0n) is 10.1. The second kappa shape index (κ2) is 4.27. The van der Waals surface area contributed by atoms with Crippen LogP contribution in [0, 0.1) is 6.92 Å². The number of rotatable bonds is 3. The SMILES string of the molecule is Cc1oc(Cn2nnc3ccccc32)cc1CN. The summed E-state index contributed by atoms with van der Waals surface area (Å²) in [7, 11) is 0. The lowest BCUT2D eigenvalue weighted by Crippen LogP contribution is -2.00. The first kappa shape index (κ1) is 11.0. The first-order valence-electron chi connectivity index (χ1n) is 5.84. The van der Waals surface area contributed by atoms with E-state index in [-0.39, 0.29) is 0 Å². The van der Waals surface area contributed by atoms with E-state index in [9.17, 15) is 0 Å². The fourth-order valence-corrected chi connectivity index (χ4v) is 2.05. The molecule has 0 aliphatic rings. The molecule has 0 atom stereocenters. The summed E-state index contributed by atoms with van der Waals surface area (Å²) < 4.78 is 7.49. The minimum atomic E-state index is 0.493. The van der Waals surface area contributed by atoms with Gasteiger partial charge in [-0.25, -0.2) is 4.68 Å². The molecule has 3 rings (SSSR count). The molecule has 0 unspecified atom stereocenters. The fraction of sp³-hybridized carbons (Fsp3) is 0.231. The van der Waals surface area contributed by atoms with Crippen LogP contribution in [-0.4, -0.2) is 15.0 Å². The first-order valence-corrected chi connectivity index (χ1v) is 5.84. The van der Waals surface area contributed by atoms with Gasteiger partial charge in [0.05, 0.1) is 5.52 Å². The standard InChI is InChI=1S/C13H14N4O/c1-9-10(7-14)6-11(18-9)8-17-13-5-3-2-4-12(13)15-16-17/h2-6H,7-8,14H2,1H3. The second-order valence-electron chi connectivity index (χ2n) is 4.23. The number of aryl methyl sites for hydroxylation is 1. The third-order valence-corrected chi connectivity index (χ3v) is 3.02. The minimum Gasteiger partial charge on any atom is -0.464 e. The number of aromatic nitrogens is 3. The quantitative estimate of drug-likeness (QED) is 0.760. The van der Waals surface area contributed by atoms with Crippen LogP contribution in [-0.2, 0) is 13.1 Å². The molecule has 0 saturated carbocycles. The number of hydrogen-bond donors (Lipinski definition) is 1. The van der Waals surface area contributed by atoms with E-state index >= 15 is 0 Å². The Morgan fingerprint density at radius 3 is 2.94 bits per heavy atom. The molecule has 92 valence electrons. The summed E-state index contributed by atoms with van der Waals surface area (Å²) in [6.07, 6.45) is 0. The van der Waals surface area contributed by atoms with E-state index in [2.05, 4.69) is 10.3 Å². The third kappa shape index (κ3) is 1.78. The van der Waals surface area contributed by atoms with Crippen molar-refractivity contribution in [1.82, 2.24) is 15.0 Å². The van der Waals surface area contributed by atoms with Crippen molar-refractivity contribution >= 4 is 11.0 Å². The number of hydrogen-bond acceptors (Lipinski definition) is 4. The van der Waals surface area contributed by atoms with Crippen molar-refractivity contribution in [3.63, 3.8) is 0 Å². The molecule has 2 aromatic heterocycles. The monoisotopic (exact) mass is 242 g/mol. The lowest BCUT2D eigenvalue weighted by atomic mass is 10.2. The molecule has 0 amide bonds. The molecule has 0 saturated heterocycles. The van der Waals surface area contributed by atoms with Gasteiger partial charge in [-0.2, -0.15) is 0 Å². The molecule has 1 aromatic carbocycles. The van der Waals surface area contributed by atoms with E-state index < -0.39 is 0 Å². The van der Waals surface area contributed by atoms with Crippen LogP contribution < -0.4 is 5.73 Å². The zero-order chi connectivity index (χ0) is 12.5. The van der Waals surface area contributed by atoms with Gasteiger partial charge in [-0.3, -0.25) is 0 Å². The molecule has 0 fully saturated rings. The van der Waals surface area contributed by atoms with Crippen molar-refractivity contribution < 1.29 is 4.42 Å². The van der Waals surface area contributed by atoms with Gasteiger partial charge in [-0.05, 0) is 25.1 Å². The molecule has 0 radical (unpaired) electrons. The highest BCUT2D eigenvalue weighted by atomic mass is 16.3. The Morgan fingerprint density at radius 2 is 2.17 bits per heavy atom. The van der Waals surface area contributed by atoms with Crippen LogP contribution in [0.3, 0.4) is 0 Å². The van der Waals surface area contributed by atoms with Crippen LogP contribution in [0.5, 0.6) is 0 Å². The van der Waals surface area contributed by atoms with Gasteiger partial charge in [0, 0.05) is 12.1 Å². The van der Waals surface area contributed by atoms with Gasteiger partial charge in [-0.15, -0.1) is 5.10 Å². The van der Waals surface area contributed by atoms with E-state index in [1.54, 1.807) is 0 Å². The molecular weight excluding hydrogens is 228 g/mol. The number of fused-ring (bicyclic) bond motifs is 1. The molecule has 3 aromatic rings. The van der Waals surface area contributed by atoms with Crippen molar-refractivity contribution in [2.75, 3.05) is 0 Å². The lowest BCUT2D eigenvalue weighted by molar-refractivity contribution is 0.457. The summed E-state index contributed by atoms with van der Waals surface area (Å²) in [4.78, 5) is 0. The maximum atomic E-state index is 5.66. The van der Waals surface area contributed by atoms with Gasteiger partial charge in [0.1, 0.15) is 23.6 Å². The molecule has 2 N–H and O–H groups in total. The molecule has 0 spiro atoms. The van der Waals surface area contributed by atoms with Crippen molar-refractivity contribution in [3.05, 3.63) is 47.4 Å². The van der Waals surface area contributed by atoms with Crippen LogP contribution in [0.2, 0.25) is 0 Å². The summed E-state index contributed by atoms with van der Waals surface area (Å²) >= 11 is 0. The zero-order valence-corrected chi connectivity index (χ0v) is 10.1. The molecular formula is C13H14N4O. The van der Waals surface area contributed by atoms with Crippen LogP contribution in [0.15, 0.2) is 34.7 Å². The highest BCUT2D eigenvalue weighted by molar-refractivity contribution is 5.73. The Bertz CT molecular complexity index is 683. The van der Waals surface area contributed by atoms with E-state index in [0.717, 1.165) is 28.1 Å². The van der Waals surface area contributed by atoms with Gasteiger partial charge in [0.2, 0.25) is 0 Å². The Balaban J connectivity index is 1.96. The Kier molecular flexibility index (Phi) is 2.60. The molecule has 0 aliphatic carbocycles. The summed E-state index contributed by atoms with van der Waals surface area (Å²) in [6, 6.07) is 9.84. The summed E-state index contributed by atoms with van der Waals surface area (Å²) in [5, 5.41) is 8.24. The van der Waals surface area contributed by atoms with E-state index in [0.29, 0.717) is 13.1 Å². The molecule has 5 nitrogen and oxygen atoms in total. The van der Waals surface area contributed by atoms with Crippen molar-refractivity contribution in [1.29, 1.82) is 0 Å². The second-order valence-corrected chi connectivity index (χ2v) is 4.23. The van der Waals surface area contributed by atoms with E-state index in [1.807, 2.05) is 41.9 Å². The average molecular weight is 242 g/mol. The number of nitrogens with zero attached hydrogens (tertiary/aromatic N) is 3. The smallest absolute Gasteiger partial charge is 0.126 e. The maximum Gasteiger partial charge on any atom is 0.126 e. The third-order valence-electron chi connectivity index (χ3n) is 3.02. The largest absolute Gasteiger partial charge is 0.464 e. The number of para-hydroxylation sites is 1. The van der Waals surface area contributed by atoms with Crippen molar-refractivity contribution in [2.24, 2.45) is 5.73 Å². The lowest BCUT2D eigenvalue weighted by Gasteiger charge is -1.98. The predicted molar refractivity (Wildman–Crippen MR) is 68.0 cm³/mol. The predicted octanol–water partition coefficient (Wildman–Crippen LogP) is 1.84. The highest BCUT2D eigenvalue weighted by Crippen LogP contribution is 2.17. The number of furan rings is 1. The number of nitrogens with two attached hydrogens (primary N) is 1. The van der Waals surface area contributed by atoms with Crippen LogP contribution in [0.25, 0.3) is 11.0 Å². The van der Waals surface area contributed by atoms with Crippen molar-refractivity contribution in [2.45, 2.75) is 20.0 Å². The molecule has 18 heavy (non-hydrogen) atoms. The topological polar surface area (TPSA) is 69.9 Å². The maximum absolute atomic E-state index is 5.66. The molecule has 5 heteroatoms. The number of benzene rings is 1. The van der Waals surface area contributed by atoms with Crippen LogP contribution >= 0.6 is 0 Å². The summed E-state index contributed by atoms with van der Waals surface area (Å²) in [6.45, 7) is 2.99. The Labute approximate surface area is 104 Å². The van der Waals surface area contributed by atoms with Gasteiger partial charge < -0.3 is 10.2 Å². The Hall–Kier alpha value is -2.14. The van der Waals surface area contributed by atoms with Crippen molar-refractivity contribution in [3.8, 4) is 0 Å². The normalized spacial score (nSPS) is 11.2. The van der Waals surface area contributed by atoms with E-state index in [4.69, 9.17) is 10.2 Å². The average Bonchev–Trinajstić information content (AvgIpc) is 2.94. The molecule has 2 heterocycles. The first-order chi connectivity index (χ1) is 8.78. The van der Waals surface area contributed by atoms with Gasteiger partial charge in [0.25, 0.3) is 0 Å². The summed E-state index contributed by atoms with van der Waals surface area (Å²) in [5.74, 6) is 1.72. The van der Waals surface area contributed by atoms with Crippen LogP contribution in [0.1, 0.15) is 17.1 Å². The summed E-state index contributed by atoms with van der Waals surface area (Å²) in [5.41, 5.74) is 8.56. The van der Waals surface area contributed by atoms with E-state index in [1.165, 1.54) is 0 Å². The van der Waals surface area contributed by atoms with Crippen LogP contribution in [0.4, 0.5) is 0 Å². The Morgan fingerprint density at radius 1 is 1.33 bits per heavy atom. The molecule has 0 aliphatic heterocycles. The minimum absolute atomic E-state index is 0.493. The fourth-order valence-electron chi connectivity index (χ4n) is 2.05. The van der Waals surface area contributed by atoms with Gasteiger partial charge >= 0.3 is 0 Å². The molecule has 0 bridgehead atoms.